The van der Waals surface area contributed by atoms with Crippen LogP contribution >= 0.6 is 11.6 Å². The first kappa shape index (κ1) is 16.4. The third-order valence-electron chi connectivity index (χ3n) is 3.56. The Morgan fingerprint density at radius 2 is 1.95 bits per heavy atom. The summed E-state index contributed by atoms with van der Waals surface area (Å²) in [5, 5.41) is 13.5. The maximum Gasteiger partial charge on any atom is 0.262 e. The molecule has 118 valence electrons. The number of aliphatic hydroxyl groups is 1. The second kappa shape index (κ2) is 6.01. The average Bonchev–Trinajstić information content (AvgIpc) is 2.39. The van der Waals surface area contributed by atoms with Crippen molar-refractivity contribution < 1.29 is 9.90 Å². The molecule has 0 fully saturated rings. The Kier molecular flexibility index (Phi) is 4.47. The monoisotopic (exact) mass is 321 g/mol. The van der Waals surface area contributed by atoms with Crippen LogP contribution in [0.5, 0.6) is 0 Å². The lowest BCUT2D eigenvalue weighted by Crippen LogP contribution is -2.37. The van der Waals surface area contributed by atoms with Crippen molar-refractivity contribution in [1.29, 1.82) is 0 Å². The maximum absolute atomic E-state index is 12.3. The van der Waals surface area contributed by atoms with E-state index in [2.05, 4.69) is 10.3 Å². The van der Waals surface area contributed by atoms with Gasteiger partial charge in [0.1, 0.15) is 17.2 Å². The van der Waals surface area contributed by atoms with Gasteiger partial charge in [0.2, 0.25) is 0 Å². The van der Waals surface area contributed by atoms with Crippen molar-refractivity contribution >= 4 is 29.0 Å². The number of nitrogens with one attached hydrogen (secondary N) is 1. The van der Waals surface area contributed by atoms with Gasteiger partial charge in [-0.3, -0.25) is 9.79 Å². The topological polar surface area (TPSA) is 87.7 Å². The third kappa shape index (κ3) is 3.60. The van der Waals surface area contributed by atoms with Crippen molar-refractivity contribution in [3.8, 4) is 0 Å². The molecule has 4 N–H and O–H groups in total. The van der Waals surface area contributed by atoms with Gasteiger partial charge in [0.05, 0.1) is 6.04 Å². The van der Waals surface area contributed by atoms with E-state index in [0.29, 0.717) is 17.1 Å². The summed E-state index contributed by atoms with van der Waals surface area (Å²) < 4.78 is 0. The molecule has 0 bridgehead atoms. The quantitative estimate of drug-likeness (QED) is 0.781. The predicted molar refractivity (Wildman–Crippen MR) is 89.2 cm³/mol. The van der Waals surface area contributed by atoms with Crippen LogP contribution < -0.4 is 11.1 Å². The number of carbonyl (C=O) groups excluding carboxylic acids is 1. The second-order valence-corrected chi connectivity index (χ2v) is 6.82. The van der Waals surface area contributed by atoms with Crippen LogP contribution in [0.4, 0.5) is 5.69 Å². The number of nitrogens with zero attached hydrogens (tertiary/aromatic N) is 1. The summed E-state index contributed by atoms with van der Waals surface area (Å²) in [6.45, 7) is 6.04. The lowest BCUT2D eigenvalue weighted by atomic mass is 9.83. The second-order valence-electron chi connectivity index (χ2n) is 6.38. The zero-order valence-corrected chi connectivity index (χ0v) is 13.6. The minimum absolute atomic E-state index is 0.0288. The van der Waals surface area contributed by atoms with Gasteiger partial charge in [-0.25, -0.2) is 0 Å². The van der Waals surface area contributed by atoms with Crippen molar-refractivity contribution in [3.63, 3.8) is 0 Å². The minimum atomic E-state index is -0.478. The van der Waals surface area contributed by atoms with Crippen LogP contribution in [0.1, 0.15) is 27.2 Å². The number of amidine groups is 1. The SMILES string of the molecule is CC(C)(C)C1CC(O)=C(C(=O)Nc2ccc(Cl)cc2)C(N)=N1. The highest BCUT2D eigenvalue weighted by atomic mass is 35.5. The van der Waals surface area contributed by atoms with E-state index in [4.69, 9.17) is 17.3 Å². The smallest absolute Gasteiger partial charge is 0.262 e. The zero-order valence-electron chi connectivity index (χ0n) is 12.9. The number of carbonyl (C=O) groups is 1. The Morgan fingerprint density at radius 3 is 2.45 bits per heavy atom. The molecule has 1 aromatic carbocycles. The first-order valence-electron chi connectivity index (χ1n) is 7.01. The van der Waals surface area contributed by atoms with Crippen molar-refractivity contribution in [3.05, 3.63) is 40.6 Å². The molecule has 1 aliphatic rings. The molecule has 6 heteroatoms. The number of hydrogen-bond acceptors (Lipinski definition) is 4. The van der Waals surface area contributed by atoms with Crippen molar-refractivity contribution in [2.24, 2.45) is 16.1 Å². The Labute approximate surface area is 134 Å². The van der Waals surface area contributed by atoms with Crippen LogP contribution in [-0.2, 0) is 4.79 Å². The number of rotatable bonds is 2. The lowest BCUT2D eigenvalue weighted by Gasteiger charge is -2.30. The van der Waals surface area contributed by atoms with Gasteiger partial charge in [-0.05, 0) is 29.7 Å². The first-order valence-corrected chi connectivity index (χ1v) is 7.39. The van der Waals surface area contributed by atoms with Gasteiger partial charge in [0.25, 0.3) is 5.91 Å². The molecule has 1 atom stereocenters. The summed E-state index contributed by atoms with van der Waals surface area (Å²) >= 11 is 5.80. The molecule has 22 heavy (non-hydrogen) atoms. The largest absolute Gasteiger partial charge is 0.511 e. The normalized spacial score (nSPS) is 18.9. The molecule has 0 saturated carbocycles. The fraction of sp³-hybridized carbons (Fsp3) is 0.375. The molecule has 1 aromatic rings. The standard InChI is InChI=1S/C16H20ClN3O2/c1-16(2,3)12-8-11(21)13(14(18)20-12)15(22)19-10-6-4-9(17)5-7-10/h4-7,12,21H,8H2,1-3H3,(H2,18,20)(H,19,22). The average molecular weight is 322 g/mol. The van der Waals surface area contributed by atoms with Crippen LogP contribution in [0.25, 0.3) is 0 Å². The highest BCUT2D eigenvalue weighted by Crippen LogP contribution is 2.31. The van der Waals surface area contributed by atoms with Crippen LogP contribution in [0.3, 0.4) is 0 Å². The molecule has 2 rings (SSSR count). The first-order chi connectivity index (χ1) is 10.2. The molecule has 1 heterocycles. The molecule has 1 aliphatic heterocycles. The lowest BCUT2D eigenvalue weighted by molar-refractivity contribution is -0.112. The van der Waals surface area contributed by atoms with E-state index < -0.39 is 5.91 Å². The van der Waals surface area contributed by atoms with E-state index in [0.717, 1.165) is 0 Å². The predicted octanol–water partition coefficient (Wildman–Crippen LogP) is 3.27. The summed E-state index contributed by atoms with van der Waals surface area (Å²) in [7, 11) is 0. The maximum atomic E-state index is 12.3. The molecular formula is C16H20ClN3O2. The molecule has 0 radical (unpaired) electrons. The van der Waals surface area contributed by atoms with Gasteiger partial charge in [-0.15, -0.1) is 0 Å². The summed E-state index contributed by atoms with van der Waals surface area (Å²) in [6.07, 6.45) is 0.299. The molecular weight excluding hydrogens is 302 g/mol. The molecule has 1 amide bonds. The Morgan fingerprint density at radius 1 is 1.36 bits per heavy atom. The minimum Gasteiger partial charge on any atom is -0.511 e. The Hall–Kier alpha value is -2.01. The molecule has 0 aromatic heterocycles. The molecule has 0 saturated heterocycles. The van der Waals surface area contributed by atoms with E-state index in [9.17, 15) is 9.90 Å². The number of dihydropyridines is 1. The van der Waals surface area contributed by atoms with Crippen LogP contribution in [0, 0.1) is 5.41 Å². The van der Waals surface area contributed by atoms with Gasteiger partial charge in [0, 0.05) is 17.1 Å². The number of halogens is 1. The number of hydrogen-bond donors (Lipinski definition) is 3. The molecule has 0 aliphatic carbocycles. The van der Waals surface area contributed by atoms with Crippen LogP contribution in [-0.4, -0.2) is 22.9 Å². The van der Waals surface area contributed by atoms with Crippen molar-refractivity contribution in [2.45, 2.75) is 33.2 Å². The highest BCUT2D eigenvalue weighted by molar-refractivity contribution is 6.30. The van der Waals surface area contributed by atoms with Gasteiger partial charge < -0.3 is 16.2 Å². The van der Waals surface area contributed by atoms with E-state index in [-0.39, 0.29) is 28.6 Å². The fourth-order valence-electron chi connectivity index (χ4n) is 2.19. The van der Waals surface area contributed by atoms with Crippen LogP contribution in [0.15, 0.2) is 40.6 Å². The molecule has 0 spiro atoms. The summed E-state index contributed by atoms with van der Waals surface area (Å²) in [5.41, 5.74) is 6.35. The van der Waals surface area contributed by atoms with E-state index in [1.807, 2.05) is 20.8 Å². The van der Waals surface area contributed by atoms with Gasteiger partial charge >= 0.3 is 0 Å². The highest BCUT2D eigenvalue weighted by Gasteiger charge is 2.33. The van der Waals surface area contributed by atoms with E-state index >= 15 is 0 Å². The summed E-state index contributed by atoms with van der Waals surface area (Å²) in [5.74, 6) is -0.442. The molecule has 1 unspecified atom stereocenters. The number of amides is 1. The van der Waals surface area contributed by atoms with Gasteiger partial charge in [-0.1, -0.05) is 32.4 Å². The number of benzene rings is 1. The zero-order chi connectivity index (χ0) is 16.5. The van der Waals surface area contributed by atoms with E-state index in [1.165, 1.54) is 0 Å². The number of nitrogens with two attached hydrogens (primary N) is 1. The number of aliphatic imine (C=N–C) groups is 1. The Bertz CT molecular complexity index is 642. The van der Waals surface area contributed by atoms with Crippen LogP contribution in [0.2, 0.25) is 5.02 Å². The third-order valence-corrected chi connectivity index (χ3v) is 3.81. The van der Waals surface area contributed by atoms with Crippen molar-refractivity contribution in [2.75, 3.05) is 5.32 Å². The summed E-state index contributed by atoms with van der Waals surface area (Å²) in [4.78, 5) is 16.7. The fourth-order valence-corrected chi connectivity index (χ4v) is 2.31. The van der Waals surface area contributed by atoms with Gasteiger partial charge in [0.15, 0.2) is 0 Å². The van der Waals surface area contributed by atoms with Gasteiger partial charge in [-0.2, -0.15) is 0 Å². The Balaban J connectivity index is 2.19. The summed E-state index contributed by atoms with van der Waals surface area (Å²) in [6, 6.07) is 6.52. The number of aliphatic hydroxyl groups excluding tert-OH is 1. The van der Waals surface area contributed by atoms with Crippen molar-refractivity contribution in [1.82, 2.24) is 0 Å². The number of anilines is 1. The van der Waals surface area contributed by atoms with E-state index in [1.54, 1.807) is 24.3 Å². The molecule has 5 nitrogen and oxygen atoms in total.